The van der Waals surface area contributed by atoms with Gasteiger partial charge < -0.3 is 5.73 Å². The lowest BCUT2D eigenvalue weighted by molar-refractivity contribution is -0.144. The minimum Gasteiger partial charge on any atom is -0.326 e. The largest absolute Gasteiger partial charge is 0.326 e. The zero-order valence-electron chi connectivity index (χ0n) is 10.7. The number of carbonyl (C=O) groups excluding carboxylic acids is 2. The second kappa shape index (κ2) is 5.93. The third kappa shape index (κ3) is 2.98. The molecule has 1 aromatic rings. The number of benzene rings is 1. The van der Waals surface area contributed by atoms with Crippen LogP contribution in [0.4, 0.5) is 4.39 Å². The van der Waals surface area contributed by atoms with E-state index in [4.69, 9.17) is 5.73 Å². The highest BCUT2D eigenvalue weighted by molar-refractivity contribution is 5.95. The maximum Gasteiger partial charge on any atom is 0.229 e. The van der Waals surface area contributed by atoms with E-state index in [-0.39, 0.29) is 24.9 Å². The van der Waals surface area contributed by atoms with Gasteiger partial charge in [-0.1, -0.05) is 18.2 Å². The first-order chi connectivity index (χ1) is 9.13. The van der Waals surface area contributed by atoms with E-state index < -0.39 is 5.82 Å². The molecule has 1 fully saturated rings. The van der Waals surface area contributed by atoms with Crippen LogP contribution < -0.4 is 5.73 Å². The third-order valence-corrected chi connectivity index (χ3v) is 3.34. The Morgan fingerprint density at radius 3 is 2.26 bits per heavy atom. The topological polar surface area (TPSA) is 63.4 Å². The van der Waals surface area contributed by atoms with Crippen LogP contribution in [-0.2, 0) is 22.7 Å². The second-order valence-corrected chi connectivity index (χ2v) is 4.68. The first kappa shape index (κ1) is 13.7. The highest BCUT2D eigenvalue weighted by Gasteiger charge is 2.25. The number of nitrogens with zero attached hydrogens (tertiary/aromatic N) is 1. The average molecular weight is 264 g/mol. The molecule has 0 aromatic heterocycles. The fourth-order valence-electron chi connectivity index (χ4n) is 2.22. The van der Waals surface area contributed by atoms with Gasteiger partial charge in [-0.25, -0.2) is 4.39 Å². The SMILES string of the molecule is NCc1cccc(CN2C(=O)CCCCC2=O)c1F. The molecule has 1 heterocycles. The highest BCUT2D eigenvalue weighted by Crippen LogP contribution is 2.19. The molecule has 2 rings (SSSR count). The van der Waals surface area contributed by atoms with Crippen LogP contribution >= 0.6 is 0 Å². The van der Waals surface area contributed by atoms with Crippen LogP contribution in [0, 0.1) is 5.82 Å². The molecule has 19 heavy (non-hydrogen) atoms. The van der Waals surface area contributed by atoms with Crippen LogP contribution in [0.1, 0.15) is 36.8 Å². The third-order valence-electron chi connectivity index (χ3n) is 3.34. The van der Waals surface area contributed by atoms with Gasteiger partial charge in [-0.2, -0.15) is 0 Å². The predicted octanol–water partition coefficient (Wildman–Crippen LogP) is 1.71. The Hall–Kier alpha value is -1.75. The molecule has 102 valence electrons. The van der Waals surface area contributed by atoms with Gasteiger partial charge in [0.25, 0.3) is 0 Å². The van der Waals surface area contributed by atoms with Crippen molar-refractivity contribution in [1.82, 2.24) is 4.90 Å². The molecular formula is C14H17FN2O2. The van der Waals surface area contributed by atoms with Crippen molar-refractivity contribution in [2.45, 2.75) is 38.8 Å². The van der Waals surface area contributed by atoms with E-state index >= 15 is 0 Å². The smallest absolute Gasteiger partial charge is 0.229 e. The summed E-state index contributed by atoms with van der Waals surface area (Å²) in [5.74, 6) is -0.866. The zero-order chi connectivity index (χ0) is 13.8. The van der Waals surface area contributed by atoms with Crippen molar-refractivity contribution in [1.29, 1.82) is 0 Å². The van der Waals surface area contributed by atoms with Crippen LogP contribution in [0.3, 0.4) is 0 Å². The van der Waals surface area contributed by atoms with Gasteiger partial charge in [0.1, 0.15) is 5.82 Å². The summed E-state index contributed by atoms with van der Waals surface area (Å²) in [7, 11) is 0. The summed E-state index contributed by atoms with van der Waals surface area (Å²) in [5, 5.41) is 0. The normalized spacial score (nSPS) is 16.6. The van der Waals surface area contributed by atoms with Crippen LogP contribution in [0.25, 0.3) is 0 Å². The zero-order valence-corrected chi connectivity index (χ0v) is 10.7. The Balaban J connectivity index is 2.24. The Bertz CT molecular complexity index is 484. The summed E-state index contributed by atoms with van der Waals surface area (Å²) >= 11 is 0. The maximum atomic E-state index is 14.1. The van der Waals surface area contributed by atoms with Crippen molar-refractivity contribution < 1.29 is 14.0 Å². The van der Waals surface area contributed by atoms with Gasteiger partial charge in [0.05, 0.1) is 6.54 Å². The standard InChI is InChI=1S/C14H17FN2O2/c15-14-10(8-16)4-3-5-11(14)9-17-12(18)6-1-2-7-13(17)19/h3-5H,1-2,6-9,16H2. The molecule has 0 bridgehead atoms. The average Bonchev–Trinajstić information content (AvgIpc) is 2.56. The van der Waals surface area contributed by atoms with Gasteiger partial charge in [0.15, 0.2) is 0 Å². The summed E-state index contributed by atoms with van der Waals surface area (Å²) in [6, 6.07) is 4.87. The van der Waals surface area contributed by atoms with Crippen LogP contribution in [-0.4, -0.2) is 16.7 Å². The van der Waals surface area contributed by atoms with Crippen molar-refractivity contribution in [2.75, 3.05) is 0 Å². The molecule has 1 aromatic carbocycles. The molecule has 2 N–H and O–H groups in total. The molecule has 1 saturated heterocycles. The Morgan fingerprint density at radius 2 is 1.68 bits per heavy atom. The van der Waals surface area contributed by atoms with Crippen molar-refractivity contribution in [3.8, 4) is 0 Å². The molecule has 5 heteroatoms. The summed E-state index contributed by atoms with van der Waals surface area (Å²) in [4.78, 5) is 24.9. The molecule has 4 nitrogen and oxygen atoms in total. The molecule has 1 aliphatic rings. The molecular weight excluding hydrogens is 247 g/mol. The number of rotatable bonds is 3. The number of likely N-dealkylation sites (tertiary alicyclic amines) is 1. The molecule has 0 aliphatic carbocycles. The number of imide groups is 1. The second-order valence-electron chi connectivity index (χ2n) is 4.68. The fraction of sp³-hybridized carbons (Fsp3) is 0.429. The number of halogens is 1. The van der Waals surface area contributed by atoms with E-state index in [1.165, 1.54) is 0 Å². The maximum absolute atomic E-state index is 14.1. The van der Waals surface area contributed by atoms with E-state index in [1.807, 2.05) is 0 Å². The summed E-state index contributed by atoms with van der Waals surface area (Å²) in [6.07, 6.45) is 2.13. The van der Waals surface area contributed by atoms with Gasteiger partial charge in [-0.3, -0.25) is 14.5 Å². The van der Waals surface area contributed by atoms with Crippen molar-refractivity contribution in [3.63, 3.8) is 0 Å². The summed E-state index contributed by atoms with van der Waals surface area (Å²) < 4.78 is 14.1. The monoisotopic (exact) mass is 264 g/mol. The van der Waals surface area contributed by atoms with Crippen LogP contribution in [0.15, 0.2) is 18.2 Å². The van der Waals surface area contributed by atoms with E-state index in [0.29, 0.717) is 36.8 Å². The van der Waals surface area contributed by atoms with Gasteiger partial charge in [0, 0.05) is 30.5 Å². The molecule has 0 unspecified atom stereocenters. The van der Waals surface area contributed by atoms with E-state index in [2.05, 4.69) is 0 Å². The van der Waals surface area contributed by atoms with Crippen molar-refractivity contribution in [3.05, 3.63) is 35.1 Å². The number of amides is 2. The molecule has 1 aliphatic heterocycles. The Morgan fingerprint density at radius 1 is 1.11 bits per heavy atom. The molecule has 2 amide bonds. The van der Waals surface area contributed by atoms with Gasteiger partial charge in [-0.05, 0) is 12.8 Å². The van der Waals surface area contributed by atoms with Crippen molar-refractivity contribution >= 4 is 11.8 Å². The van der Waals surface area contributed by atoms with Gasteiger partial charge >= 0.3 is 0 Å². The van der Waals surface area contributed by atoms with E-state index in [9.17, 15) is 14.0 Å². The van der Waals surface area contributed by atoms with Gasteiger partial charge in [0.2, 0.25) is 11.8 Å². The number of nitrogens with two attached hydrogens (primary N) is 1. The minimum atomic E-state index is -0.421. The lowest BCUT2D eigenvalue weighted by Gasteiger charge is -2.19. The molecule has 0 radical (unpaired) electrons. The molecule has 0 spiro atoms. The van der Waals surface area contributed by atoms with Crippen LogP contribution in [0.5, 0.6) is 0 Å². The summed E-state index contributed by atoms with van der Waals surface area (Å²) in [6.45, 7) is 0.0961. The lowest BCUT2D eigenvalue weighted by Crippen LogP contribution is -2.34. The number of hydrogen-bond acceptors (Lipinski definition) is 3. The Labute approximate surface area is 111 Å². The molecule has 0 saturated carbocycles. The first-order valence-corrected chi connectivity index (χ1v) is 6.43. The lowest BCUT2D eigenvalue weighted by atomic mass is 10.1. The number of hydrogen-bond donors (Lipinski definition) is 1. The van der Waals surface area contributed by atoms with Crippen molar-refractivity contribution in [2.24, 2.45) is 5.73 Å². The number of carbonyl (C=O) groups is 2. The van der Waals surface area contributed by atoms with E-state index in [1.54, 1.807) is 18.2 Å². The van der Waals surface area contributed by atoms with Gasteiger partial charge in [-0.15, -0.1) is 0 Å². The summed E-state index contributed by atoms with van der Waals surface area (Å²) in [5.41, 5.74) is 6.18. The van der Waals surface area contributed by atoms with Crippen LogP contribution in [0.2, 0.25) is 0 Å². The predicted molar refractivity (Wildman–Crippen MR) is 68.3 cm³/mol. The molecule has 0 atom stereocenters. The quantitative estimate of drug-likeness (QED) is 0.845. The van der Waals surface area contributed by atoms with E-state index in [0.717, 1.165) is 4.90 Å². The Kier molecular flexibility index (Phi) is 4.27. The minimum absolute atomic E-state index is 0.00264. The fourth-order valence-corrected chi connectivity index (χ4v) is 2.22. The first-order valence-electron chi connectivity index (χ1n) is 6.43. The highest BCUT2D eigenvalue weighted by atomic mass is 19.1.